The van der Waals surface area contributed by atoms with Gasteiger partial charge in [0.05, 0.1) is 18.8 Å². The van der Waals surface area contributed by atoms with Gasteiger partial charge in [-0.3, -0.25) is 0 Å². The topological polar surface area (TPSA) is 50.3 Å². The summed E-state index contributed by atoms with van der Waals surface area (Å²) in [4.78, 5) is 11.5. The molecule has 5 heteroatoms. The lowest BCUT2D eigenvalue weighted by atomic mass is 10.1. The van der Waals surface area contributed by atoms with Crippen LogP contribution in [0.1, 0.15) is 46.1 Å². The zero-order valence-electron chi connectivity index (χ0n) is 13.7. The Morgan fingerprint density at radius 1 is 1.33 bits per heavy atom. The molecule has 1 fully saturated rings. The van der Waals surface area contributed by atoms with Crippen molar-refractivity contribution in [3.8, 4) is 0 Å². The number of hydrogen-bond acceptors (Lipinski definition) is 5. The molecule has 2 heterocycles. The van der Waals surface area contributed by atoms with E-state index in [1.54, 1.807) is 6.33 Å². The third-order valence-corrected chi connectivity index (χ3v) is 3.98. The van der Waals surface area contributed by atoms with Gasteiger partial charge in [-0.1, -0.05) is 20.3 Å². The molecule has 1 aromatic rings. The van der Waals surface area contributed by atoms with E-state index in [0.29, 0.717) is 6.04 Å². The molecule has 118 valence electrons. The van der Waals surface area contributed by atoms with Crippen LogP contribution in [-0.2, 0) is 11.2 Å². The Morgan fingerprint density at radius 2 is 2.14 bits per heavy atom. The molecule has 2 unspecified atom stereocenters. The molecule has 1 saturated heterocycles. The van der Waals surface area contributed by atoms with Crippen molar-refractivity contribution in [2.75, 3.05) is 29.9 Å². The Labute approximate surface area is 128 Å². The van der Waals surface area contributed by atoms with Gasteiger partial charge in [0.25, 0.3) is 0 Å². The van der Waals surface area contributed by atoms with Gasteiger partial charge in [-0.25, -0.2) is 9.97 Å². The molecular weight excluding hydrogens is 264 g/mol. The Balaban J connectivity index is 2.37. The summed E-state index contributed by atoms with van der Waals surface area (Å²) in [6, 6.07) is 0.404. The number of ether oxygens (including phenoxy) is 1. The van der Waals surface area contributed by atoms with Crippen LogP contribution in [0.5, 0.6) is 0 Å². The number of aromatic nitrogens is 2. The Hall–Kier alpha value is -1.36. The molecule has 1 N–H and O–H groups in total. The van der Waals surface area contributed by atoms with Crippen LogP contribution >= 0.6 is 0 Å². The van der Waals surface area contributed by atoms with Crippen molar-refractivity contribution < 1.29 is 4.74 Å². The van der Waals surface area contributed by atoms with Gasteiger partial charge in [-0.15, -0.1) is 0 Å². The molecule has 0 spiro atoms. The van der Waals surface area contributed by atoms with E-state index in [-0.39, 0.29) is 6.10 Å². The second-order valence-corrected chi connectivity index (χ2v) is 5.66. The first-order chi connectivity index (χ1) is 10.2. The lowest BCUT2D eigenvalue weighted by molar-refractivity contribution is 0.0295. The van der Waals surface area contributed by atoms with E-state index >= 15 is 0 Å². The fraction of sp³-hybridized carbons (Fsp3) is 0.750. The molecule has 2 atom stereocenters. The SMILES string of the molecule is CCCc1c(NCC)ncnc1N1CC(C)OCC1CC. The van der Waals surface area contributed by atoms with Gasteiger partial charge >= 0.3 is 0 Å². The Bertz CT molecular complexity index is 452. The summed E-state index contributed by atoms with van der Waals surface area (Å²) in [7, 11) is 0. The standard InChI is InChI=1S/C16H28N4O/c1-5-8-14-15(17-7-3)18-11-19-16(14)20-9-12(4)21-10-13(20)6-2/h11-13H,5-10H2,1-4H3,(H,17,18,19). The van der Waals surface area contributed by atoms with Crippen molar-refractivity contribution in [3.05, 3.63) is 11.9 Å². The van der Waals surface area contributed by atoms with Crippen LogP contribution in [0, 0.1) is 0 Å². The summed E-state index contributed by atoms with van der Waals surface area (Å²) in [5.41, 5.74) is 1.24. The van der Waals surface area contributed by atoms with Gasteiger partial charge in [0.1, 0.15) is 18.0 Å². The molecule has 1 aliphatic heterocycles. The molecule has 2 rings (SSSR count). The van der Waals surface area contributed by atoms with Crippen molar-refractivity contribution in [1.82, 2.24) is 9.97 Å². The van der Waals surface area contributed by atoms with Gasteiger partial charge in [0.2, 0.25) is 0 Å². The van der Waals surface area contributed by atoms with Crippen LogP contribution < -0.4 is 10.2 Å². The van der Waals surface area contributed by atoms with Crippen LogP contribution in [0.15, 0.2) is 6.33 Å². The summed E-state index contributed by atoms with van der Waals surface area (Å²) < 4.78 is 5.81. The lowest BCUT2D eigenvalue weighted by Gasteiger charge is -2.40. The summed E-state index contributed by atoms with van der Waals surface area (Å²) >= 11 is 0. The minimum atomic E-state index is 0.250. The van der Waals surface area contributed by atoms with E-state index in [9.17, 15) is 0 Å². The van der Waals surface area contributed by atoms with Gasteiger partial charge < -0.3 is 15.0 Å². The molecule has 1 aromatic heterocycles. The van der Waals surface area contributed by atoms with Crippen LogP contribution in [0.25, 0.3) is 0 Å². The zero-order chi connectivity index (χ0) is 15.2. The van der Waals surface area contributed by atoms with E-state index < -0.39 is 0 Å². The van der Waals surface area contributed by atoms with E-state index in [1.165, 1.54) is 5.56 Å². The van der Waals surface area contributed by atoms with E-state index in [4.69, 9.17) is 4.74 Å². The van der Waals surface area contributed by atoms with Crippen LogP contribution in [0.4, 0.5) is 11.6 Å². The third kappa shape index (κ3) is 3.64. The van der Waals surface area contributed by atoms with Crippen molar-refractivity contribution in [2.45, 2.75) is 59.1 Å². The molecule has 0 radical (unpaired) electrons. The number of rotatable bonds is 6. The van der Waals surface area contributed by atoms with Crippen molar-refractivity contribution in [3.63, 3.8) is 0 Å². The van der Waals surface area contributed by atoms with Crippen molar-refractivity contribution in [1.29, 1.82) is 0 Å². The van der Waals surface area contributed by atoms with E-state index in [2.05, 4.69) is 47.9 Å². The molecular formula is C16H28N4O. The fourth-order valence-corrected chi connectivity index (χ4v) is 2.89. The summed E-state index contributed by atoms with van der Waals surface area (Å²) in [5.74, 6) is 2.07. The third-order valence-electron chi connectivity index (χ3n) is 3.98. The maximum atomic E-state index is 5.81. The van der Waals surface area contributed by atoms with Crippen molar-refractivity contribution >= 4 is 11.6 Å². The molecule has 0 saturated carbocycles. The minimum Gasteiger partial charge on any atom is -0.375 e. The normalized spacial score (nSPS) is 22.4. The molecule has 1 aliphatic rings. The maximum Gasteiger partial charge on any atom is 0.137 e. The first kappa shape index (κ1) is 16.0. The highest BCUT2D eigenvalue weighted by molar-refractivity contribution is 5.59. The first-order valence-electron chi connectivity index (χ1n) is 8.17. The average Bonchev–Trinajstić information content (AvgIpc) is 2.49. The predicted octanol–water partition coefficient (Wildman–Crippen LogP) is 2.86. The monoisotopic (exact) mass is 292 g/mol. The zero-order valence-corrected chi connectivity index (χ0v) is 13.7. The van der Waals surface area contributed by atoms with Gasteiger partial charge in [-0.05, 0) is 26.7 Å². The largest absolute Gasteiger partial charge is 0.375 e. The van der Waals surface area contributed by atoms with Crippen LogP contribution in [-0.4, -0.2) is 41.8 Å². The number of hydrogen-bond donors (Lipinski definition) is 1. The maximum absolute atomic E-state index is 5.81. The summed E-state index contributed by atoms with van der Waals surface area (Å²) in [6.07, 6.45) is 5.09. The number of nitrogens with one attached hydrogen (secondary N) is 1. The van der Waals surface area contributed by atoms with Gasteiger partial charge in [0.15, 0.2) is 0 Å². The Morgan fingerprint density at radius 3 is 2.81 bits per heavy atom. The number of nitrogens with zero attached hydrogens (tertiary/aromatic N) is 3. The quantitative estimate of drug-likeness (QED) is 0.873. The molecule has 5 nitrogen and oxygen atoms in total. The minimum absolute atomic E-state index is 0.250. The highest BCUT2D eigenvalue weighted by Crippen LogP contribution is 2.29. The number of anilines is 2. The second-order valence-electron chi connectivity index (χ2n) is 5.66. The molecule has 21 heavy (non-hydrogen) atoms. The highest BCUT2D eigenvalue weighted by Gasteiger charge is 2.29. The van der Waals surface area contributed by atoms with Gasteiger partial charge in [0, 0.05) is 18.7 Å². The van der Waals surface area contributed by atoms with E-state index in [0.717, 1.165) is 50.6 Å². The smallest absolute Gasteiger partial charge is 0.137 e. The number of morpholine rings is 1. The first-order valence-corrected chi connectivity index (χ1v) is 8.17. The summed E-state index contributed by atoms with van der Waals surface area (Å²) in [6.45, 7) is 11.2. The molecule has 0 amide bonds. The second kappa shape index (κ2) is 7.59. The molecule has 0 aromatic carbocycles. The fourth-order valence-electron chi connectivity index (χ4n) is 2.89. The summed E-state index contributed by atoms with van der Waals surface area (Å²) in [5, 5.41) is 3.38. The van der Waals surface area contributed by atoms with Crippen molar-refractivity contribution in [2.24, 2.45) is 0 Å². The van der Waals surface area contributed by atoms with Crippen LogP contribution in [0.2, 0.25) is 0 Å². The predicted molar refractivity (Wildman–Crippen MR) is 87.0 cm³/mol. The van der Waals surface area contributed by atoms with Crippen LogP contribution in [0.3, 0.4) is 0 Å². The molecule has 0 aliphatic carbocycles. The lowest BCUT2D eigenvalue weighted by Crippen LogP contribution is -2.49. The highest BCUT2D eigenvalue weighted by atomic mass is 16.5. The average molecular weight is 292 g/mol. The van der Waals surface area contributed by atoms with Gasteiger partial charge in [-0.2, -0.15) is 0 Å². The Kier molecular flexibility index (Phi) is 5.79. The molecule has 0 bridgehead atoms. The van der Waals surface area contributed by atoms with E-state index in [1.807, 2.05) is 0 Å².